The van der Waals surface area contributed by atoms with Crippen molar-refractivity contribution < 1.29 is 127 Å². The van der Waals surface area contributed by atoms with E-state index in [2.05, 4.69) is 13.6 Å². The number of benzene rings is 3. The first-order chi connectivity index (χ1) is 45.7. The first kappa shape index (κ1) is 77.4. The largest absolute Gasteiger partial charge is 0.488 e. The Morgan fingerprint density at radius 2 is 0.990 bits per heavy atom. The highest BCUT2D eigenvalue weighted by Gasteiger charge is 2.45. The highest BCUT2D eigenvalue weighted by atomic mass is 31.3. The van der Waals surface area contributed by atoms with Crippen molar-refractivity contribution >= 4 is 50.4 Å². The first-order valence-corrected chi connectivity index (χ1v) is 36.7. The maximum Gasteiger partial charge on any atom is 0.488 e. The normalized spacial score (nSPS) is 22.2. The van der Waals surface area contributed by atoms with Crippen LogP contribution in [0.15, 0.2) is 157 Å². The fourth-order valence-corrected chi connectivity index (χ4v) is 14.0. The molecule has 44 heteroatoms. The molecule has 39 nitrogen and oxygen atoms in total. The van der Waals surface area contributed by atoms with E-state index in [4.69, 9.17) is 76.1 Å². The van der Waals surface area contributed by atoms with Crippen molar-refractivity contribution in [3.05, 3.63) is 207 Å². The van der Waals surface area contributed by atoms with E-state index in [0.29, 0.717) is 5.56 Å². The smallest absolute Gasteiger partial charge is 0.454 e. The Bertz CT molecular complexity index is 4250. The number of carbonyl (C=O) groups excluding carboxylic acids is 2. The van der Waals surface area contributed by atoms with E-state index in [0.717, 1.165) is 42.2 Å². The molecule has 97 heavy (non-hydrogen) atoms. The summed E-state index contributed by atoms with van der Waals surface area (Å²) in [7, 11) is -24.2. The molecule has 11 atom stereocenters. The Morgan fingerprint density at radius 1 is 0.546 bits per heavy atom. The topological polar surface area (TPSA) is 535 Å². The van der Waals surface area contributed by atoms with E-state index in [-0.39, 0.29) is 51.4 Å². The number of hydrogen-bond acceptors (Lipinski definition) is 27. The van der Waals surface area contributed by atoms with Gasteiger partial charge in [0, 0.05) is 56.1 Å². The Kier molecular flexibility index (Phi) is 27.7. The lowest BCUT2D eigenvalue weighted by atomic mass is 10.2. The minimum Gasteiger partial charge on any atom is -0.454 e. The van der Waals surface area contributed by atoms with Crippen LogP contribution >= 0.6 is 38.4 Å². The zero-order valence-electron chi connectivity index (χ0n) is 50.7. The molecule has 3 fully saturated rings. The average Bonchev–Trinajstić information content (AvgIpc) is 1.72. The van der Waals surface area contributed by atoms with Crippen LogP contribution in [0.2, 0.25) is 0 Å². The standard InChI is InChI=1S/C28H33N2O10P.C16H17N2O9P.C9H15N2O14P3/c1-3-37-41(34,38-4-2)20-36-25-17-23(39-27(32)22-13-9-6-10-14-22)26(40-25)29-16-15-24(31)30(28(29)33)19-35-18-21-11-7-5-8-12-21;19-12-6-7-18(16(21)17-12)14-11(8-13(27-14)25-9-28(22,23)24)26-15(20)10-4-2-1-3-5-10;12-5-3-7(23-8(5)11-2-1-6(13)10-9(11)14)22-4-26(15,16)24-28(20,21)25-27(17,18)19/h5-16,23,25-26H,3-4,17-20H2,1-2H3;1-7,11,13-14H,8-9H2,(H,17,19,21)(H2,22,23,24);1-2,5,7-8,12H,3-4H2,(H,15,16)(H,20,21)(H,10,13,14)(H2,17,18,19)/t23-,25-,26+;11-,13-,14+;5-,7-,8+/m000/s1. The van der Waals surface area contributed by atoms with Crippen molar-refractivity contribution in [1.82, 2.24) is 28.2 Å². The Morgan fingerprint density at radius 3 is 1.47 bits per heavy atom. The van der Waals surface area contributed by atoms with Gasteiger partial charge in [0.25, 0.3) is 16.7 Å². The zero-order valence-corrected chi connectivity index (χ0v) is 55.1. The van der Waals surface area contributed by atoms with Gasteiger partial charge in [0.1, 0.15) is 12.8 Å². The number of ether oxygens (including phenoxy) is 9. The highest BCUT2D eigenvalue weighted by molar-refractivity contribution is 7.68. The molecule has 9 rings (SSSR count). The van der Waals surface area contributed by atoms with Gasteiger partial charge >= 0.3 is 67.4 Å². The van der Waals surface area contributed by atoms with E-state index in [1.165, 1.54) is 18.5 Å². The van der Waals surface area contributed by atoms with Crippen molar-refractivity contribution in [2.24, 2.45) is 0 Å². The number of H-pyrrole nitrogens is 2. The third-order valence-corrected chi connectivity index (χ3v) is 19.2. The van der Waals surface area contributed by atoms with E-state index >= 15 is 0 Å². The van der Waals surface area contributed by atoms with Gasteiger partial charge in [-0.25, -0.2) is 42.0 Å². The average molecular weight is 1470 g/mol. The summed E-state index contributed by atoms with van der Waals surface area (Å²) in [6.45, 7) is 3.54. The van der Waals surface area contributed by atoms with Crippen LogP contribution in [-0.4, -0.2) is 144 Å². The quantitative estimate of drug-likeness (QED) is 0.0252. The van der Waals surface area contributed by atoms with Gasteiger partial charge in [-0.3, -0.25) is 51.7 Å². The molecule has 3 aliphatic rings. The molecule has 3 aromatic carbocycles. The second-order valence-electron chi connectivity index (χ2n) is 20.3. The summed E-state index contributed by atoms with van der Waals surface area (Å²) in [6, 6.07) is 29.0. The summed E-state index contributed by atoms with van der Waals surface area (Å²) in [4.78, 5) is 155. The predicted molar refractivity (Wildman–Crippen MR) is 326 cm³/mol. The van der Waals surface area contributed by atoms with Crippen molar-refractivity contribution in [2.45, 2.75) is 102 Å². The van der Waals surface area contributed by atoms with Crippen LogP contribution in [0, 0.1) is 0 Å². The molecule has 0 aliphatic carbocycles. The summed E-state index contributed by atoms with van der Waals surface area (Å²) >= 11 is 0. The molecule has 3 aromatic heterocycles. The number of aliphatic hydroxyl groups excluding tert-OH is 1. The number of rotatable bonds is 28. The monoisotopic (exact) mass is 1470 g/mol. The lowest BCUT2D eigenvalue weighted by Crippen LogP contribution is -2.43. The van der Waals surface area contributed by atoms with Gasteiger partial charge in [-0.05, 0) is 43.7 Å². The number of nitrogens with zero attached hydrogens (tertiary/aromatic N) is 4. The number of phosphoric acid groups is 2. The number of esters is 2. The van der Waals surface area contributed by atoms with Crippen LogP contribution < -0.4 is 33.7 Å². The molecule has 0 spiro atoms. The van der Waals surface area contributed by atoms with E-state index < -0.39 is 159 Å². The van der Waals surface area contributed by atoms with Gasteiger partial charge in [0.2, 0.25) is 0 Å². The van der Waals surface area contributed by atoms with Crippen LogP contribution in [0.3, 0.4) is 0 Å². The molecule has 0 amide bonds. The van der Waals surface area contributed by atoms with E-state index in [1.807, 2.05) is 35.3 Å². The molecule has 2 unspecified atom stereocenters. The Balaban J connectivity index is 0.000000211. The molecule has 6 aromatic rings. The summed E-state index contributed by atoms with van der Waals surface area (Å²) in [6.07, 6.45) is -9.94. The molecule has 0 saturated carbocycles. The van der Waals surface area contributed by atoms with Gasteiger partial charge in [-0.15, -0.1) is 0 Å². The lowest BCUT2D eigenvalue weighted by molar-refractivity contribution is -0.149. The first-order valence-electron chi connectivity index (χ1n) is 28.4. The summed E-state index contributed by atoms with van der Waals surface area (Å²) < 4.78 is 128. The molecular weight excluding hydrogens is 1400 g/mol. The summed E-state index contributed by atoms with van der Waals surface area (Å²) in [5, 5.41) is 9.94. The van der Waals surface area contributed by atoms with Crippen LogP contribution in [0.5, 0.6) is 0 Å². The Hall–Kier alpha value is -6.93. The predicted octanol–water partition coefficient (Wildman–Crippen LogP) is 2.58. The maximum absolute atomic E-state index is 13.4. The number of aromatic amines is 2. The van der Waals surface area contributed by atoms with Crippen molar-refractivity contribution in [3.63, 3.8) is 0 Å². The number of aliphatic hydroxyl groups is 1. The highest BCUT2D eigenvalue weighted by Crippen LogP contribution is 2.66. The molecule has 0 radical (unpaired) electrons. The van der Waals surface area contributed by atoms with Crippen LogP contribution in [-0.2, 0) is 96.5 Å². The molecule has 0 bridgehead atoms. The maximum atomic E-state index is 13.4. The number of hydrogen-bond donors (Lipinski definition) is 9. The van der Waals surface area contributed by atoms with Crippen LogP contribution in [0.1, 0.15) is 78.1 Å². The fraction of sp³-hybridized carbons (Fsp3) is 0.396. The molecule has 530 valence electrons. The van der Waals surface area contributed by atoms with Gasteiger partial charge in [0.15, 0.2) is 68.8 Å². The van der Waals surface area contributed by atoms with Gasteiger partial charge in [0.05, 0.1) is 30.9 Å². The second kappa shape index (κ2) is 34.7. The van der Waals surface area contributed by atoms with Gasteiger partial charge in [-0.1, -0.05) is 66.7 Å². The SMILES string of the molecule is CCOP(=O)(CO[C@@H]1C[C@H](OC(=O)c2ccccc2)[C@H](n2ccc(=O)n(COCc3ccccc3)c2=O)O1)OCC.O=C(O[C@H]1C[C@@H](OCP(=O)(O)O)O[C@H]1n1ccc(=O)[nH]c1=O)c1ccccc1.O=c1ccn([C@@H]2O[C@H](OCP(=O)(O)OP(=O)(O)OP(=O)(O)O)C[C@@H]2O)c(=O)[nH]1. The van der Waals surface area contributed by atoms with Crippen LogP contribution in [0.4, 0.5) is 0 Å². The minimum atomic E-state index is -5.61. The van der Waals surface area contributed by atoms with Crippen molar-refractivity contribution in [1.29, 1.82) is 0 Å². The zero-order chi connectivity index (χ0) is 70.9. The number of carbonyl (C=O) groups is 2. The molecule has 3 saturated heterocycles. The second-order valence-corrected chi connectivity index (χ2v) is 28.6. The van der Waals surface area contributed by atoms with Gasteiger partial charge < -0.3 is 86.1 Å². The third-order valence-electron chi connectivity index (χ3n) is 13.0. The molecular formula is C53H65N6O33P5. The lowest BCUT2D eigenvalue weighted by Gasteiger charge is -2.22. The van der Waals surface area contributed by atoms with Crippen molar-refractivity contribution in [2.75, 3.05) is 32.3 Å². The molecule has 9 N–H and O–H groups in total. The third kappa shape index (κ3) is 23.9. The van der Waals surface area contributed by atoms with Crippen LogP contribution in [0.25, 0.3) is 0 Å². The Labute approximate surface area is 545 Å². The van der Waals surface area contributed by atoms with Gasteiger partial charge in [-0.2, -0.15) is 4.31 Å². The summed E-state index contributed by atoms with van der Waals surface area (Å²) in [5.74, 6) is -1.31. The fourth-order valence-electron chi connectivity index (χ4n) is 8.96. The molecule has 3 aliphatic heterocycles. The number of aromatic nitrogens is 6. The summed E-state index contributed by atoms with van der Waals surface area (Å²) in [5.41, 5.74) is -2.85. The molecule has 6 heterocycles. The van der Waals surface area contributed by atoms with E-state index in [9.17, 15) is 71.2 Å². The number of nitrogens with one attached hydrogen (secondary N) is 2. The van der Waals surface area contributed by atoms with Crippen molar-refractivity contribution in [3.8, 4) is 0 Å². The van der Waals surface area contributed by atoms with E-state index in [1.54, 1.807) is 74.5 Å². The minimum absolute atomic E-state index is 0.0115.